The van der Waals surface area contributed by atoms with E-state index in [0.717, 1.165) is 6.07 Å². The Morgan fingerprint density at radius 2 is 1.97 bits per heavy atom. The van der Waals surface area contributed by atoms with Gasteiger partial charge in [-0.2, -0.15) is 8.78 Å². The number of hydrogen-bond donors (Lipinski definition) is 0. The van der Waals surface area contributed by atoms with Crippen molar-refractivity contribution in [3.8, 4) is 0 Å². The van der Waals surface area contributed by atoms with E-state index in [-0.39, 0.29) is 22.6 Å². The fraction of sp³-hybridized carbons (Fsp3) is 0.300. The minimum atomic E-state index is -2.87. The minimum absolute atomic E-state index is 0.0524. The number of anilines is 1. The summed E-state index contributed by atoms with van der Waals surface area (Å²) >= 11 is 0. The van der Waals surface area contributed by atoms with Crippen LogP contribution in [-0.4, -0.2) is 46.7 Å². The van der Waals surface area contributed by atoms with Gasteiger partial charge in [0.05, 0.1) is 34.7 Å². The molecule has 1 aliphatic heterocycles. The molecule has 1 fully saturated rings. The van der Waals surface area contributed by atoms with Crippen LogP contribution in [0, 0.1) is 10.1 Å². The summed E-state index contributed by atoms with van der Waals surface area (Å²) in [6.45, 7) is -1.48. The first-order valence-electron chi connectivity index (χ1n) is 9.48. The highest BCUT2D eigenvalue weighted by Gasteiger charge is 2.24. The number of halogens is 2. The van der Waals surface area contributed by atoms with Gasteiger partial charge < -0.3 is 14.4 Å². The molecule has 2 aromatic carbocycles. The van der Waals surface area contributed by atoms with Crippen LogP contribution in [0.15, 0.2) is 42.5 Å². The van der Waals surface area contributed by atoms with E-state index < -0.39 is 24.0 Å². The second-order valence-electron chi connectivity index (χ2n) is 6.80. The van der Waals surface area contributed by atoms with Gasteiger partial charge in [-0.05, 0) is 24.3 Å². The Morgan fingerprint density at radius 3 is 2.68 bits per heavy atom. The van der Waals surface area contributed by atoms with E-state index in [1.807, 2.05) is 4.90 Å². The molecular formula is C20H18F2N4O5. The number of alkyl halides is 2. The quantitative estimate of drug-likeness (QED) is 0.334. The number of ether oxygens (including phenoxy) is 2. The summed E-state index contributed by atoms with van der Waals surface area (Å²) in [6, 6.07) is 10.4. The van der Waals surface area contributed by atoms with Crippen LogP contribution in [0.5, 0.6) is 0 Å². The number of carbonyl (C=O) groups is 1. The molecule has 0 bridgehead atoms. The lowest BCUT2D eigenvalue weighted by atomic mass is 10.1. The number of morpholine rings is 1. The van der Waals surface area contributed by atoms with Gasteiger partial charge in [-0.15, -0.1) is 0 Å². The number of fused-ring (bicyclic) bond motifs is 1. The molecule has 1 aromatic heterocycles. The van der Waals surface area contributed by atoms with Crippen LogP contribution in [0.4, 0.5) is 20.2 Å². The maximum absolute atomic E-state index is 13.5. The van der Waals surface area contributed by atoms with Crippen LogP contribution in [0.2, 0.25) is 0 Å². The van der Waals surface area contributed by atoms with Crippen molar-refractivity contribution in [2.45, 2.75) is 13.2 Å². The van der Waals surface area contributed by atoms with Gasteiger partial charge >= 0.3 is 12.5 Å². The zero-order chi connectivity index (χ0) is 22.0. The first kappa shape index (κ1) is 20.7. The molecule has 1 aliphatic rings. The maximum Gasteiger partial charge on any atom is 0.338 e. The first-order chi connectivity index (χ1) is 15.0. The highest BCUT2D eigenvalue weighted by molar-refractivity contribution is 5.91. The molecule has 0 spiro atoms. The number of nitro groups is 1. The largest absolute Gasteiger partial charge is 0.454 e. The summed E-state index contributed by atoms with van der Waals surface area (Å²) in [7, 11) is 0. The standard InChI is InChI=1S/C20H18F2N4O5/c21-20(22)25-15-4-2-1-3-14(15)23-18(25)12-31-19(27)13-5-6-16(17(11-13)26(28)29)24-7-9-30-10-8-24/h1-6,11,20H,7-10,12H2. The Labute approximate surface area is 174 Å². The first-order valence-corrected chi connectivity index (χ1v) is 9.48. The van der Waals surface area contributed by atoms with E-state index in [9.17, 15) is 23.7 Å². The summed E-state index contributed by atoms with van der Waals surface area (Å²) in [5.41, 5.74) is 0.650. The summed E-state index contributed by atoms with van der Waals surface area (Å²) in [6.07, 6.45) is 0. The van der Waals surface area contributed by atoms with Crippen LogP contribution < -0.4 is 4.90 Å². The highest BCUT2D eigenvalue weighted by atomic mass is 19.3. The number of para-hydroxylation sites is 2. The van der Waals surface area contributed by atoms with Crippen LogP contribution in [-0.2, 0) is 16.1 Å². The van der Waals surface area contributed by atoms with Crippen molar-refractivity contribution in [3.05, 3.63) is 64.0 Å². The van der Waals surface area contributed by atoms with Gasteiger partial charge in [0.15, 0.2) is 5.82 Å². The van der Waals surface area contributed by atoms with Crippen LogP contribution >= 0.6 is 0 Å². The number of imidazole rings is 1. The molecule has 0 aliphatic carbocycles. The zero-order valence-electron chi connectivity index (χ0n) is 16.2. The predicted octanol–water partition coefficient (Wildman–Crippen LogP) is 3.53. The van der Waals surface area contributed by atoms with Crippen molar-refractivity contribution >= 4 is 28.4 Å². The van der Waals surface area contributed by atoms with Crippen molar-refractivity contribution < 1.29 is 28.0 Å². The lowest BCUT2D eigenvalue weighted by Crippen LogP contribution is -2.36. The van der Waals surface area contributed by atoms with Crippen LogP contribution in [0.1, 0.15) is 22.7 Å². The van der Waals surface area contributed by atoms with Gasteiger partial charge in [-0.3, -0.25) is 14.7 Å². The third-order valence-electron chi connectivity index (χ3n) is 4.96. The highest BCUT2D eigenvalue weighted by Crippen LogP contribution is 2.30. The summed E-state index contributed by atoms with van der Waals surface area (Å²) < 4.78 is 38.1. The Morgan fingerprint density at radius 1 is 1.23 bits per heavy atom. The van der Waals surface area contributed by atoms with Crippen molar-refractivity contribution in [2.75, 3.05) is 31.2 Å². The smallest absolute Gasteiger partial charge is 0.338 e. The number of nitrogens with zero attached hydrogens (tertiary/aromatic N) is 4. The average molecular weight is 432 g/mol. The third-order valence-corrected chi connectivity index (χ3v) is 4.96. The molecule has 0 saturated carbocycles. The Hall–Kier alpha value is -3.60. The number of nitro benzene ring substituents is 1. The monoisotopic (exact) mass is 432 g/mol. The van der Waals surface area contributed by atoms with Crippen molar-refractivity contribution in [1.29, 1.82) is 0 Å². The van der Waals surface area contributed by atoms with Crippen molar-refractivity contribution in [2.24, 2.45) is 0 Å². The van der Waals surface area contributed by atoms with E-state index in [2.05, 4.69) is 4.98 Å². The Balaban J connectivity index is 1.55. The van der Waals surface area contributed by atoms with E-state index in [1.54, 1.807) is 18.2 Å². The van der Waals surface area contributed by atoms with E-state index >= 15 is 0 Å². The van der Waals surface area contributed by atoms with E-state index in [1.165, 1.54) is 18.2 Å². The minimum Gasteiger partial charge on any atom is -0.454 e. The topological polar surface area (TPSA) is 99.7 Å². The van der Waals surface area contributed by atoms with Gasteiger partial charge in [-0.25, -0.2) is 9.78 Å². The molecule has 1 saturated heterocycles. The summed E-state index contributed by atoms with van der Waals surface area (Å²) in [4.78, 5) is 29.3. The lowest BCUT2D eigenvalue weighted by molar-refractivity contribution is -0.384. The van der Waals surface area contributed by atoms with Gasteiger partial charge in [0.25, 0.3) is 5.69 Å². The summed E-state index contributed by atoms with van der Waals surface area (Å²) in [5.74, 6) is -0.992. The molecule has 11 heteroatoms. The molecule has 0 amide bonds. The molecule has 31 heavy (non-hydrogen) atoms. The van der Waals surface area contributed by atoms with Gasteiger partial charge in [0.2, 0.25) is 0 Å². The molecule has 0 unspecified atom stereocenters. The Bertz CT molecular complexity index is 1130. The van der Waals surface area contributed by atoms with Crippen LogP contribution in [0.25, 0.3) is 11.0 Å². The number of carbonyl (C=O) groups excluding carboxylic acids is 1. The lowest BCUT2D eigenvalue weighted by Gasteiger charge is -2.28. The molecule has 162 valence electrons. The second-order valence-corrected chi connectivity index (χ2v) is 6.80. The van der Waals surface area contributed by atoms with Crippen molar-refractivity contribution in [1.82, 2.24) is 9.55 Å². The van der Waals surface area contributed by atoms with Gasteiger partial charge in [0, 0.05) is 19.2 Å². The molecule has 0 radical (unpaired) electrons. The van der Waals surface area contributed by atoms with Crippen molar-refractivity contribution in [3.63, 3.8) is 0 Å². The molecule has 2 heterocycles. The maximum atomic E-state index is 13.5. The SMILES string of the molecule is O=C(OCc1nc2ccccc2n1C(F)F)c1ccc(N2CCOCC2)c([N+](=O)[O-])c1. The average Bonchev–Trinajstić information content (AvgIpc) is 3.16. The molecule has 3 aromatic rings. The van der Waals surface area contributed by atoms with E-state index in [4.69, 9.17) is 9.47 Å². The third kappa shape index (κ3) is 4.17. The van der Waals surface area contributed by atoms with E-state index in [0.29, 0.717) is 42.1 Å². The second kappa shape index (κ2) is 8.64. The molecular weight excluding hydrogens is 414 g/mol. The number of esters is 1. The fourth-order valence-corrected chi connectivity index (χ4v) is 3.50. The normalized spacial score (nSPS) is 14.2. The van der Waals surface area contributed by atoms with Gasteiger partial charge in [0.1, 0.15) is 12.3 Å². The molecule has 4 rings (SSSR count). The summed E-state index contributed by atoms with van der Waals surface area (Å²) in [5, 5.41) is 11.5. The van der Waals surface area contributed by atoms with Crippen LogP contribution in [0.3, 0.4) is 0 Å². The predicted molar refractivity (Wildman–Crippen MR) is 106 cm³/mol. The molecule has 9 nitrogen and oxygen atoms in total. The Kier molecular flexibility index (Phi) is 5.76. The van der Waals surface area contributed by atoms with Gasteiger partial charge in [-0.1, -0.05) is 12.1 Å². The molecule has 0 N–H and O–H groups in total. The zero-order valence-corrected chi connectivity index (χ0v) is 16.2. The number of aromatic nitrogens is 2. The number of benzene rings is 2. The fourth-order valence-electron chi connectivity index (χ4n) is 3.50. The number of rotatable bonds is 6. The molecule has 0 atom stereocenters. The number of hydrogen-bond acceptors (Lipinski definition) is 7.